The van der Waals surface area contributed by atoms with Crippen LogP contribution in [0.3, 0.4) is 0 Å². The normalized spacial score (nSPS) is 12.4. The van der Waals surface area contributed by atoms with Crippen molar-refractivity contribution in [1.29, 1.82) is 0 Å². The zero-order chi connectivity index (χ0) is 13.8. The molecule has 4 nitrogen and oxygen atoms in total. The van der Waals surface area contributed by atoms with Gasteiger partial charge in [-0.3, -0.25) is 5.10 Å². The van der Waals surface area contributed by atoms with Crippen molar-refractivity contribution in [2.45, 2.75) is 19.5 Å². The minimum absolute atomic E-state index is 0.244. The predicted molar refractivity (Wildman–Crippen MR) is 81.4 cm³/mol. The second kappa shape index (κ2) is 5.98. The van der Waals surface area contributed by atoms with Crippen LogP contribution in [0.25, 0.3) is 11.3 Å². The van der Waals surface area contributed by atoms with Gasteiger partial charge >= 0.3 is 0 Å². The van der Waals surface area contributed by atoms with E-state index in [1.165, 1.54) is 5.56 Å². The van der Waals surface area contributed by atoms with Crippen molar-refractivity contribution in [3.8, 4) is 11.3 Å². The van der Waals surface area contributed by atoms with Gasteiger partial charge in [0.05, 0.1) is 17.9 Å². The summed E-state index contributed by atoms with van der Waals surface area (Å²) in [5.41, 5.74) is 3.40. The smallest absolute Gasteiger partial charge is 0.109 e. The van der Waals surface area contributed by atoms with Crippen LogP contribution in [0.4, 0.5) is 0 Å². The van der Waals surface area contributed by atoms with E-state index in [0.29, 0.717) is 0 Å². The van der Waals surface area contributed by atoms with Crippen molar-refractivity contribution in [2.75, 3.05) is 0 Å². The minimum atomic E-state index is 0.244. The van der Waals surface area contributed by atoms with Crippen LogP contribution >= 0.6 is 11.3 Å². The number of thiazole rings is 1. The summed E-state index contributed by atoms with van der Waals surface area (Å²) in [6, 6.07) is 10.5. The van der Waals surface area contributed by atoms with Gasteiger partial charge in [0.2, 0.25) is 0 Å². The summed E-state index contributed by atoms with van der Waals surface area (Å²) >= 11 is 1.67. The second-order valence-corrected chi connectivity index (χ2v) is 5.54. The summed E-state index contributed by atoms with van der Waals surface area (Å²) in [5.74, 6) is 0. The molecule has 102 valence electrons. The molecule has 2 N–H and O–H groups in total. The Morgan fingerprint density at radius 1 is 1.30 bits per heavy atom. The predicted octanol–water partition coefficient (Wildman–Crippen LogP) is 3.38. The van der Waals surface area contributed by atoms with Gasteiger partial charge < -0.3 is 5.32 Å². The highest BCUT2D eigenvalue weighted by atomic mass is 32.1. The fraction of sp³-hybridized carbons (Fsp3) is 0.200. The summed E-state index contributed by atoms with van der Waals surface area (Å²) < 4.78 is 0. The summed E-state index contributed by atoms with van der Waals surface area (Å²) in [5, 5.41) is 13.8. The van der Waals surface area contributed by atoms with Gasteiger partial charge in [0, 0.05) is 23.7 Å². The molecule has 0 aliphatic rings. The van der Waals surface area contributed by atoms with Gasteiger partial charge in [0.15, 0.2) is 0 Å². The molecule has 20 heavy (non-hydrogen) atoms. The Morgan fingerprint density at radius 3 is 2.90 bits per heavy atom. The lowest BCUT2D eigenvalue weighted by atomic mass is 10.1. The van der Waals surface area contributed by atoms with E-state index in [4.69, 9.17) is 0 Å². The fourth-order valence-corrected chi connectivity index (χ4v) is 2.77. The molecule has 1 unspecified atom stereocenters. The number of hydrogen-bond acceptors (Lipinski definition) is 4. The van der Waals surface area contributed by atoms with Gasteiger partial charge in [-0.1, -0.05) is 30.3 Å². The third-order valence-corrected chi connectivity index (χ3v) is 4.16. The lowest BCUT2D eigenvalue weighted by molar-refractivity contribution is 0.572. The Morgan fingerprint density at radius 2 is 2.15 bits per heavy atom. The zero-order valence-corrected chi connectivity index (χ0v) is 12.0. The Balaban J connectivity index is 1.72. The highest BCUT2D eigenvalue weighted by molar-refractivity contribution is 7.09. The van der Waals surface area contributed by atoms with E-state index in [0.717, 1.165) is 22.8 Å². The summed E-state index contributed by atoms with van der Waals surface area (Å²) in [4.78, 5) is 4.33. The first-order valence-electron chi connectivity index (χ1n) is 6.55. The number of aromatic nitrogens is 3. The molecule has 0 radical (unpaired) electrons. The zero-order valence-electron chi connectivity index (χ0n) is 11.2. The van der Waals surface area contributed by atoms with Gasteiger partial charge in [-0.15, -0.1) is 11.3 Å². The third kappa shape index (κ3) is 2.79. The maximum atomic E-state index is 4.33. The Bertz CT molecular complexity index is 646. The number of hydrogen-bond donors (Lipinski definition) is 2. The molecule has 0 saturated heterocycles. The van der Waals surface area contributed by atoms with Crippen molar-refractivity contribution >= 4 is 11.3 Å². The molecule has 0 spiro atoms. The number of nitrogens with one attached hydrogen (secondary N) is 2. The lowest BCUT2D eigenvalue weighted by Gasteiger charge is -2.11. The SMILES string of the molecule is CC(NCc1cn[nH]c1-c1ccccc1)c1nccs1. The first kappa shape index (κ1) is 13.0. The molecule has 3 aromatic rings. The first-order valence-corrected chi connectivity index (χ1v) is 7.43. The monoisotopic (exact) mass is 284 g/mol. The number of benzene rings is 1. The molecule has 5 heteroatoms. The van der Waals surface area contributed by atoms with E-state index < -0.39 is 0 Å². The molecule has 0 aliphatic carbocycles. The number of nitrogens with zero attached hydrogens (tertiary/aromatic N) is 2. The molecule has 2 heterocycles. The van der Waals surface area contributed by atoms with Crippen molar-refractivity contribution < 1.29 is 0 Å². The topological polar surface area (TPSA) is 53.6 Å². The maximum absolute atomic E-state index is 4.33. The number of aromatic amines is 1. The van der Waals surface area contributed by atoms with Crippen molar-refractivity contribution in [2.24, 2.45) is 0 Å². The van der Waals surface area contributed by atoms with Crippen LogP contribution in [0.5, 0.6) is 0 Å². The van der Waals surface area contributed by atoms with Crippen molar-refractivity contribution in [3.05, 3.63) is 58.7 Å². The largest absolute Gasteiger partial charge is 0.304 e. The quantitative estimate of drug-likeness (QED) is 0.755. The van der Waals surface area contributed by atoms with Gasteiger partial charge in [-0.25, -0.2) is 4.98 Å². The van der Waals surface area contributed by atoms with Gasteiger partial charge in [-0.2, -0.15) is 5.10 Å². The summed E-state index contributed by atoms with van der Waals surface area (Å²) in [6.45, 7) is 2.89. The molecular formula is C15H16N4S. The molecule has 1 aromatic carbocycles. The van der Waals surface area contributed by atoms with Gasteiger partial charge in [0.25, 0.3) is 0 Å². The highest BCUT2D eigenvalue weighted by Crippen LogP contribution is 2.22. The average Bonchev–Trinajstić information content (AvgIpc) is 3.17. The van der Waals surface area contributed by atoms with E-state index in [2.05, 4.69) is 39.6 Å². The van der Waals surface area contributed by atoms with Crippen molar-refractivity contribution in [3.63, 3.8) is 0 Å². The van der Waals surface area contributed by atoms with Crippen LogP contribution in [-0.4, -0.2) is 15.2 Å². The molecule has 1 atom stereocenters. The third-order valence-electron chi connectivity index (χ3n) is 3.20. The Labute approximate surface area is 121 Å². The second-order valence-electron chi connectivity index (χ2n) is 4.61. The number of H-pyrrole nitrogens is 1. The fourth-order valence-electron chi connectivity index (χ4n) is 2.10. The molecule has 2 aromatic heterocycles. The first-order chi connectivity index (χ1) is 9.84. The lowest BCUT2D eigenvalue weighted by Crippen LogP contribution is -2.18. The van der Waals surface area contributed by atoms with Crippen LogP contribution in [0, 0.1) is 0 Å². The average molecular weight is 284 g/mol. The summed E-state index contributed by atoms with van der Waals surface area (Å²) in [6.07, 6.45) is 3.72. The number of rotatable bonds is 5. The van der Waals surface area contributed by atoms with Crippen molar-refractivity contribution in [1.82, 2.24) is 20.5 Å². The van der Waals surface area contributed by atoms with Crippen LogP contribution in [0.1, 0.15) is 23.5 Å². The molecule has 0 amide bonds. The molecule has 0 saturated carbocycles. The van der Waals surface area contributed by atoms with Crippen LogP contribution < -0.4 is 5.32 Å². The van der Waals surface area contributed by atoms with E-state index in [1.807, 2.05) is 36.0 Å². The van der Waals surface area contributed by atoms with E-state index in [1.54, 1.807) is 11.3 Å². The van der Waals surface area contributed by atoms with Crippen LogP contribution in [0.15, 0.2) is 48.1 Å². The highest BCUT2D eigenvalue weighted by Gasteiger charge is 2.11. The standard InChI is InChI=1S/C15H16N4S/c1-11(15-16-7-8-20-15)17-9-13-10-18-19-14(13)12-5-3-2-4-6-12/h2-8,10-11,17H,9H2,1H3,(H,18,19). The van der Waals surface area contributed by atoms with Gasteiger partial charge in [-0.05, 0) is 12.5 Å². The van der Waals surface area contributed by atoms with Crippen LogP contribution in [-0.2, 0) is 6.54 Å². The Kier molecular flexibility index (Phi) is 3.90. The molecular weight excluding hydrogens is 268 g/mol. The Hall–Kier alpha value is -1.98. The molecule has 0 fully saturated rings. The molecule has 0 bridgehead atoms. The van der Waals surface area contributed by atoms with E-state index in [-0.39, 0.29) is 6.04 Å². The summed E-state index contributed by atoms with van der Waals surface area (Å²) in [7, 11) is 0. The van der Waals surface area contributed by atoms with Crippen LogP contribution in [0.2, 0.25) is 0 Å². The maximum Gasteiger partial charge on any atom is 0.109 e. The molecule has 0 aliphatic heterocycles. The molecule has 3 rings (SSSR count). The van der Waals surface area contributed by atoms with E-state index in [9.17, 15) is 0 Å². The minimum Gasteiger partial charge on any atom is -0.304 e. The van der Waals surface area contributed by atoms with Gasteiger partial charge in [0.1, 0.15) is 5.01 Å². The van der Waals surface area contributed by atoms with E-state index >= 15 is 0 Å².